The predicted octanol–water partition coefficient (Wildman–Crippen LogP) is 1.27. The van der Waals surface area contributed by atoms with Gasteiger partial charge in [-0.15, -0.1) is 0 Å². The Morgan fingerprint density at radius 3 is 2.88 bits per heavy atom. The Morgan fingerprint density at radius 2 is 2.25 bits per heavy atom. The van der Waals surface area contributed by atoms with Crippen molar-refractivity contribution in [1.82, 2.24) is 19.7 Å². The Bertz CT molecular complexity index is 446. The minimum Gasteiger partial charge on any atom is -0.366 e. The maximum atomic E-state index is 4.30. The maximum Gasteiger partial charge on any atom is 0.144 e. The summed E-state index contributed by atoms with van der Waals surface area (Å²) in [5.74, 6) is 0.820. The zero-order valence-corrected chi connectivity index (χ0v) is 8.87. The summed E-state index contributed by atoms with van der Waals surface area (Å²) in [6.45, 7) is 0.855. The molecule has 0 amide bonds. The lowest BCUT2D eigenvalue weighted by Crippen LogP contribution is -2.27. The van der Waals surface area contributed by atoms with E-state index < -0.39 is 0 Å². The standard InChI is InChI=1S/C11H13N5/c1-4-15-16(7-1)11(2-3-11)9-14-10-8-12-5-6-13-10/h1,4-8H,2-3,9H2,(H,13,14). The van der Waals surface area contributed by atoms with Gasteiger partial charge in [-0.05, 0) is 18.9 Å². The van der Waals surface area contributed by atoms with Crippen LogP contribution in [0.3, 0.4) is 0 Å². The van der Waals surface area contributed by atoms with Crippen molar-refractivity contribution in [2.75, 3.05) is 11.9 Å². The van der Waals surface area contributed by atoms with E-state index >= 15 is 0 Å². The van der Waals surface area contributed by atoms with E-state index in [2.05, 4.69) is 20.4 Å². The monoisotopic (exact) mass is 215 g/mol. The molecule has 1 aliphatic carbocycles. The summed E-state index contributed by atoms with van der Waals surface area (Å²) < 4.78 is 2.04. The molecule has 1 fully saturated rings. The summed E-state index contributed by atoms with van der Waals surface area (Å²) in [4.78, 5) is 8.21. The largest absolute Gasteiger partial charge is 0.366 e. The molecule has 1 saturated carbocycles. The van der Waals surface area contributed by atoms with Gasteiger partial charge in [0.25, 0.3) is 0 Å². The summed E-state index contributed by atoms with van der Waals surface area (Å²) in [7, 11) is 0. The lowest BCUT2D eigenvalue weighted by Gasteiger charge is -2.16. The van der Waals surface area contributed by atoms with Gasteiger partial charge < -0.3 is 5.32 Å². The molecule has 3 rings (SSSR count). The highest BCUT2D eigenvalue weighted by atomic mass is 15.3. The molecular formula is C11H13N5. The van der Waals surface area contributed by atoms with Gasteiger partial charge in [0.05, 0.1) is 11.7 Å². The van der Waals surface area contributed by atoms with Gasteiger partial charge in [-0.25, -0.2) is 4.98 Å². The van der Waals surface area contributed by atoms with Crippen LogP contribution < -0.4 is 5.32 Å². The van der Waals surface area contributed by atoms with E-state index in [1.165, 1.54) is 12.8 Å². The Labute approximate surface area is 93.5 Å². The van der Waals surface area contributed by atoms with Crippen molar-refractivity contribution in [3.8, 4) is 0 Å². The predicted molar refractivity (Wildman–Crippen MR) is 60.0 cm³/mol. The first-order chi connectivity index (χ1) is 7.89. The average Bonchev–Trinajstić information content (AvgIpc) is 2.92. The second-order valence-electron chi connectivity index (χ2n) is 4.12. The van der Waals surface area contributed by atoms with Crippen LogP contribution in [0.15, 0.2) is 37.1 Å². The van der Waals surface area contributed by atoms with Crippen molar-refractivity contribution < 1.29 is 0 Å². The molecule has 0 unspecified atom stereocenters. The number of hydrogen-bond acceptors (Lipinski definition) is 4. The molecule has 0 aliphatic heterocycles. The number of anilines is 1. The lowest BCUT2D eigenvalue weighted by atomic mass is 10.3. The Balaban J connectivity index is 1.68. The molecule has 82 valence electrons. The summed E-state index contributed by atoms with van der Waals surface area (Å²) in [6, 6.07) is 1.96. The molecule has 0 saturated heterocycles. The number of nitrogens with zero attached hydrogens (tertiary/aromatic N) is 4. The van der Waals surface area contributed by atoms with Gasteiger partial charge in [0, 0.05) is 31.3 Å². The number of aromatic nitrogens is 4. The van der Waals surface area contributed by atoms with Crippen LogP contribution in [0.25, 0.3) is 0 Å². The lowest BCUT2D eigenvalue weighted by molar-refractivity contribution is 0.453. The van der Waals surface area contributed by atoms with Gasteiger partial charge >= 0.3 is 0 Å². The third-order valence-electron chi connectivity index (χ3n) is 2.98. The molecule has 2 aromatic heterocycles. The molecule has 2 aromatic rings. The molecule has 5 heteroatoms. The Hall–Kier alpha value is -1.91. The van der Waals surface area contributed by atoms with Crippen molar-refractivity contribution in [2.24, 2.45) is 0 Å². The van der Waals surface area contributed by atoms with E-state index in [0.29, 0.717) is 0 Å². The SMILES string of the molecule is c1cnn(C2(CNc3cnccn3)CC2)c1. The average molecular weight is 215 g/mol. The highest BCUT2D eigenvalue weighted by molar-refractivity contribution is 5.31. The van der Waals surface area contributed by atoms with Gasteiger partial charge in [0.15, 0.2) is 0 Å². The van der Waals surface area contributed by atoms with Crippen molar-refractivity contribution in [2.45, 2.75) is 18.4 Å². The van der Waals surface area contributed by atoms with E-state index in [1.54, 1.807) is 18.6 Å². The molecule has 0 aromatic carbocycles. The summed E-state index contributed by atoms with van der Waals surface area (Å²) in [5, 5.41) is 7.60. The van der Waals surface area contributed by atoms with Crippen LogP contribution in [0.5, 0.6) is 0 Å². The van der Waals surface area contributed by atoms with Crippen LogP contribution in [0, 0.1) is 0 Å². The van der Waals surface area contributed by atoms with Crippen LogP contribution in [0.2, 0.25) is 0 Å². The van der Waals surface area contributed by atoms with Crippen molar-refractivity contribution in [3.05, 3.63) is 37.1 Å². The molecule has 2 heterocycles. The summed E-state index contributed by atoms with van der Waals surface area (Å²) in [5.41, 5.74) is 0.154. The van der Waals surface area contributed by atoms with Gasteiger partial charge in [-0.1, -0.05) is 0 Å². The van der Waals surface area contributed by atoms with E-state index in [1.807, 2.05) is 23.1 Å². The third kappa shape index (κ3) is 1.64. The molecule has 1 aliphatic rings. The Morgan fingerprint density at radius 1 is 1.31 bits per heavy atom. The second kappa shape index (κ2) is 3.59. The molecule has 0 radical (unpaired) electrons. The third-order valence-corrected chi connectivity index (χ3v) is 2.98. The smallest absolute Gasteiger partial charge is 0.144 e. The van der Waals surface area contributed by atoms with Gasteiger partial charge in [0.2, 0.25) is 0 Å². The molecule has 0 spiro atoms. The quantitative estimate of drug-likeness (QED) is 0.834. The van der Waals surface area contributed by atoms with Crippen molar-refractivity contribution in [3.63, 3.8) is 0 Å². The summed E-state index contributed by atoms with van der Waals surface area (Å²) in [6.07, 6.45) is 11.3. The molecule has 5 nitrogen and oxygen atoms in total. The number of rotatable bonds is 4. The molecule has 16 heavy (non-hydrogen) atoms. The van der Waals surface area contributed by atoms with Crippen molar-refractivity contribution in [1.29, 1.82) is 0 Å². The second-order valence-corrected chi connectivity index (χ2v) is 4.12. The first kappa shape index (κ1) is 9.33. The van der Waals surface area contributed by atoms with Gasteiger partial charge in [0.1, 0.15) is 5.82 Å². The summed E-state index contributed by atoms with van der Waals surface area (Å²) >= 11 is 0. The van der Waals surface area contributed by atoms with E-state index in [0.717, 1.165) is 12.4 Å². The molecule has 1 N–H and O–H groups in total. The zero-order valence-electron chi connectivity index (χ0n) is 8.87. The Kier molecular flexibility index (Phi) is 2.09. The van der Waals surface area contributed by atoms with Crippen LogP contribution in [-0.2, 0) is 5.54 Å². The fourth-order valence-electron chi connectivity index (χ4n) is 1.83. The van der Waals surface area contributed by atoms with Crippen molar-refractivity contribution >= 4 is 5.82 Å². The van der Waals surface area contributed by atoms with Crippen LogP contribution in [-0.4, -0.2) is 26.3 Å². The molecular weight excluding hydrogens is 202 g/mol. The normalized spacial score (nSPS) is 17.0. The first-order valence-corrected chi connectivity index (χ1v) is 5.39. The van der Waals surface area contributed by atoms with E-state index in [-0.39, 0.29) is 5.54 Å². The minimum absolute atomic E-state index is 0.154. The number of nitrogens with one attached hydrogen (secondary N) is 1. The van der Waals surface area contributed by atoms with E-state index in [9.17, 15) is 0 Å². The van der Waals surface area contributed by atoms with Gasteiger partial charge in [-0.3, -0.25) is 9.67 Å². The highest BCUT2D eigenvalue weighted by Crippen LogP contribution is 2.42. The maximum absolute atomic E-state index is 4.30. The first-order valence-electron chi connectivity index (χ1n) is 5.39. The molecule has 0 bridgehead atoms. The van der Waals surface area contributed by atoms with Crippen LogP contribution in [0.1, 0.15) is 12.8 Å². The highest BCUT2D eigenvalue weighted by Gasteiger charge is 2.45. The number of hydrogen-bond donors (Lipinski definition) is 1. The zero-order chi connectivity index (χ0) is 10.8. The molecule has 0 atom stereocenters. The van der Waals surface area contributed by atoms with Crippen LogP contribution in [0.4, 0.5) is 5.82 Å². The van der Waals surface area contributed by atoms with Crippen LogP contribution >= 0.6 is 0 Å². The minimum atomic E-state index is 0.154. The fraction of sp³-hybridized carbons (Fsp3) is 0.364. The fourth-order valence-corrected chi connectivity index (χ4v) is 1.83. The van der Waals surface area contributed by atoms with Gasteiger partial charge in [-0.2, -0.15) is 5.10 Å². The topological polar surface area (TPSA) is 55.6 Å². The van der Waals surface area contributed by atoms with E-state index in [4.69, 9.17) is 0 Å².